The van der Waals surface area contributed by atoms with Crippen LogP contribution in [0, 0.1) is 5.92 Å². The van der Waals surface area contributed by atoms with Gasteiger partial charge in [0.1, 0.15) is 5.60 Å². The fourth-order valence-corrected chi connectivity index (χ4v) is 3.00. The third-order valence-corrected chi connectivity index (χ3v) is 3.99. The van der Waals surface area contributed by atoms with Gasteiger partial charge in [-0.2, -0.15) is 0 Å². The van der Waals surface area contributed by atoms with Crippen molar-refractivity contribution in [1.29, 1.82) is 0 Å². The van der Waals surface area contributed by atoms with Gasteiger partial charge in [0.15, 0.2) is 0 Å². The fourth-order valence-electron chi connectivity index (χ4n) is 3.00. The highest BCUT2D eigenvalue weighted by molar-refractivity contribution is 5.97. The Hall–Kier alpha value is -1.62. The third kappa shape index (κ3) is 3.73. The van der Waals surface area contributed by atoms with E-state index in [0.29, 0.717) is 24.1 Å². The zero-order valence-corrected chi connectivity index (χ0v) is 13.0. The van der Waals surface area contributed by atoms with Gasteiger partial charge in [-0.3, -0.25) is 4.79 Å². The zero-order valence-electron chi connectivity index (χ0n) is 13.0. The van der Waals surface area contributed by atoms with Gasteiger partial charge in [-0.15, -0.1) is 0 Å². The van der Waals surface area contributed by atoms with Crippen LogP contribution in [-0.2, 0) is 9.53 Å². The van der Waals surface area contributed by atoms with Gasteiger partial charge < -0.3 is 14.8 Å². The first-order valence-electron chi connectivity index (χ1n) is 7.55. The van der Waals surface area contributed by atoms with Crippen LogP contribution in [0.3, 0.4) is 0 Å². The molecule has 2 atom stereocenters. The van der Waals surface area contributed by atoms with E-state index in [0.717, 1.165) is 25.7 Å². The van der Waals surface area contributed by atoms with Crippen LogP contribution in [-0.4, -0.2) is 30.2 Å². The molecule has 0 unspecified atom stereocenters. The first kappa shape index (κ1) is 15.8. The maximum absolute atomic E-state index is 12.7. The topological polar surface area (TPSA) is 60.5 Å². The number of hydrogen-bond acceptors (Lipinski definition) is 4. The Morgan fingerprint density at radius 2 is 2.33 bits per heavy atom. The summed E-state index contributed by atoms with van der Waals surface area (Å²) in [5, 5.41) is 2.93. The van der Waals surface area contributed by atoms with Crippen molar-refractivity contribution in [2.45, 2.75) is 45.1 Å². The van der Waals surface area contributed by atoms with Crippen molar-refractivity contribution in [3.05, 3.63) is 18.3 Å². The van der Waals surface area contributed by atoms with Crippen molar-refractivity contribution in [3.8, 4) is 5.88 Å². The van der Waals surface area contributed by atoms with Crippen molar-refractivity contribution in [2.24, 2.45) is 5.92 Å². The molecule has 0 spiro atoms. The van der Waals surface area contributed by atoms with Crippen molar-refractivity contribution in [2.75, 3.05) is 19.0 Å². The third-order valence-electron chi connectivity index (χ3n) is 3.99. The minimum Gasteiger partial charge on any atom is -0.481 e. The summed E-state index contributed by atoms with van der Waals surface area (Å²) in [7, 11) is 1.56. The summed E-state index contributed by atoms with van der Waals surface area (Å²) in [5.41, 5.74) is -0.0371. The summed E-state index contributed by atoms with van der Waals surface area (Å²) in [6, 6.07) is 3.52. The predicted molar refractivity (Wildman–Crippen MR) is 81.4 cm³/mol. The maximum atomic E-state index is 12.7. The lowest BCUT2D eigenvalue weighted by Crippen LogP contribution is -2.48. The zero-order chi connectivity index (χ0) is 15.3. The van der Waals surface area contributed by atoms with E-state index in [4.69, 9.17) is 9.47 Å². The molecule has 2 rings (SSSR count). The lowest BCUT2D eigenvalue weighted by atomic mass is 9.78. The molecule has 0 saturated heterocycles. The van der Waals surface area contributed by atoms with Crippen LogP contribution in [0.15, 0.2) is 18.3 Å². The van der Waals surface area contributed by atoms with Crippen LogP contribution in [0.2, 0.25) is 0 Å². The highest BCUT2D eigenvalue weighted by Gasteiger charge is 2.42. The molecule has 1 aliphatic rings. The molecule has 1 aromatic rings. The van der Waals surface area contributed by atoms with Crippen LogP contribution in [0.5, 0.6) is 5.88 Å². The van der Waals surface area contributed by atoms with E-state index in [1.807, 2.05) is 6.92 Å². The summed E-state index contributed by atoms with van der Waals surface area (Å²) < 4.78 is 10.9. The fraction of sp³-hybridized carbons (Fsp3) is 0.625. The predicted octanol–water partition coefficient (Wildman–Crippen LogP) is 3.01. The lowest BCUT2D eigenvalue weighted by molar-refractivity contribution is -0.147. The van der Waals surface area contributed by atoms with Gasteiger partial charge in [0.2, 0.25) is 5.88 Å². The van der Waals surface area contributed by atoms with Crippen molar-refractivity contribution < 1.29 is 14.3 Å². The molecule has 5 nitrogen and oxygen atoms in total. The number of hydrogen-bond donors (Lipinski definition) is 1. The van der Waals surface area contributed by atoms with E-state index in [1.165, 1.54) is 0 Å². The lowest BCUT2D eigenvalue weighted by Gasteiger charge is -2.38. The first-order chi connectivity index (χ1) is 10.1. The number of anilines is 1. The van der Waals surface area contributed by atoms with Gasteiger partial charge in [0.05, 0.1) is 19.0 Å². The Kier molecular flexibility index (Phi) is 5.17. The molecule has 1 heterocycles. The van der Waals surface area contributed by atoms with Gasteiger partial charge in [-0.25, -0.2) is 4.98 Å². The van der Waals surface area contributed by atoms with Crippen LogP contribution in [0.1, 0.15) is 39.5 Å². The number of carbonyl (C=O) groups excluding carboxylic acids is 1. The first-order valence-corrected chi connectivity index (χ1v) is 7.55. The molecule has 1 aliphatic carbocycles. The van der Waals surface area contributed by atoms with E-state index >= 15 is 0 Å². The summed E-state index contributed by atoms with van der Waals surface area (Å²) in [6.07, 6.45) is 5.33. The Labute approximate surface area is 126 Å². The Bertz CT molecular complexity index is 471. The SMILES string of the molecule is CCO[C@]1(C(=O)Nc2ccc(OC)nc2)CCC[C@@H](C)C1. The summed E-state index contributed by atoms with van der Waals surface area (Å²) in [4.78, 5) is 16.8. The van der Waals surface area contributed by atoms with E-state index in [9.17, 15) is 4.79 Å². The van der Waals surface area contributed by atoms with Crippen LogP contribution >= 0.6 is 0 Å². The molecule has 1 amide bonds. The number of carbonyl (C=O) groups is 1. The number of aromatic nitrogens is 1. The summed E-state index contributed by atoms with van der Waals surface area (Å²) >= 11 is 0. The smallest absolute Gasteiger partial charge is 0.256 e. The summed E-state index contributed by atoms with van der Waals surface area (Å²) in [5.74, 6) is 0.965. The molecule has 1 N–H and O–H groups in total. The molecule has 1 saturated carbocycles. The highest BCUT2D eigenvalue weighted by Crippen LogP contribution is 2.36. The van der Waals surface area contributed by atoms with Crippen LogP contribution < -0.4 is 10.1 Å². The quantitative estimate of drug-likeness (QED) is 0.906. The molecule has 1 fully saturated rings. The number of pyridine rings is 1. The summed E-state index contributed by atoms with van der Waals surface area (Å²) in [6.45, 7) is 4.65. The van der Waals surface area contributed by atoms with Gasteiger partial charge in [0, 0.05) is 12.7 Å². The molecule has 5 heteroatoms. The average molecular weight is 292 g/mol. The van der Waals surface area contributed by atoms with Crippen molar-refractivity contribution in [1.82, 2.24) is 4.98 Å². The van der Waals surface area contributed by atoms with Gasteiger partial charge in [-0.05, 0) is 38.2 Å². The second-order valence-corrected chi connectivity index (χ2v) is 5.67. The minimum absolute atomic E-state index is 0.0668. The number of amides is 1. The molecular formula is C16H24N2O3. The molecule has 116 valence electrons. The Balaban J connectivity index is 2.10. The second-order valence-electron chi connectivity index (χ2n) is 5.67. The highest BCUT2D eigenvalue weighted by atomic mass is 16.5. The molecule has 1 aromatic heterocycles. The van der Waals surface area contributed by atoms with E-state index in [2.05, 4.69) is 17.2 Å². The van der Waals surface area contributed by atoms with Gasteiger partial charge in [0.25, 0.3) is 5.91 Å². The van der Waals surface area contributed by atoms with Crippen LogP contribution in [0.25, 0.3) is 0 Å². The monoisotopic (exact) mass is 292 g/mol. The number of nitrogens with zero attached hydrogens (tertiary/aromatic N) is 1. The van der Waals surface area contributed by atoms with Crippen LogP contribution in [0.4, 0.5) is 5.69 Å². The van der Waals surface area contributed by atoms with Crippen molar-refractivity contribution >= 4 is 11.6 Å². The molecule has 0 aromatic carbocycles. The second kappa shape index (κ2) is 6.89. The Morgan fingerprint density at radius 3 is 2.90 bits per heavy atom. The number of ether oxygens (including phenoxy) is 2. The molecule has 21 heavy (non-hydrogen) atoms. The van der Waals surface area contributed by atoms with E-state index < -0.39 is 5.60 Å². The molecule has 0 aliphatic heterocycles. The normalized spacial score (nSPS) is 25.4. The molecular weight excluding hydrogens is 268 g/mol. The van der Waals surface area contributed by atoms with E-state index in [-0.39, 0.29) is 5.91 Å². The Morgan fingerprint density at radius 1 is 1.52 bits per heavy atom. The number of methoxy groups -OCH3 is 1. The van der Waals surface area contributed by atoms with Gasteiger partial charge >= 0.3 is 0 Å². The molecule has 0 radical (unpaired) electrons. The maximum Gasteiger partial charge on any atom is 0.256 e. The number of nitrogens with one attached hydrogen (secondary N) is 1. The average Bonchev–Trinajstić information content (AvgIpc) is 2.48. The molecule has 0 bridgehead atoms. The van der Waals surface area contributed by atoms with Crippen molar-refractivity contribution in [3.63, 3.8) is 0 Å². The standard InChI is InChI=1S/C16H24N2O3/c1-4-21-16(9-5-6-12(2)10-16)15(19)18-13-7-8-14(20-3)17-11-13/h7-8,11-12H,4-6,9-10H2,1-3H3,(H,18,19)/t12-,16-/m1/s1. The number of rotatable bonds is 5. The van der Waals surface area contributed by atoms with Gasteiger partial charge in [-0.1, -0.05) is 13.3 Å². The van der Waals surface area contributed by atoms with E-state index in [1.54, 1.807) is 25.4 Å². The largest absolute Gasteiger partial charge is 0.481 e. The minimum atomic E-state index is -0.702.